The van der Waals surface area contributed by atoms with Crippen molar-refractivity contribution in [2.45, 2.75) is 32.3 Å². The Hall–Kier alpha value is -3.40. The lowest BCUT2D eigenvalue weighted by atomic mass is 9.96. The zero-order valence-corrected chi connectivity index (χ0v) is 16.7. The molecular formula is C25H25NO3. The van der Waals surface area contributed by atoms with Crippen LogP contribution in [-0.2, 0) is 14.3 Å². The quantitative estimate of drug-likeness (QED) is 0.551. The molecule has 0 saturated carbocycles. The Morgan fingerprint density at radius 1 is 0.828 bits per heavy atom. The molecule has 0 spiro atoms. The summed E-state index contributed by atoms with van der Waals surface area (Å²) in [5, 5.41) is 2.85. The van der Waals surface area contributed by atoms with E-state index < -0.39 is 18.0 Å². The van der Waals surface area contributed by atoms with Crippen molar-refractivity contribution in [2.24, 2.45) is 0 Å². The number of ether oxygens (including phenoxy) is 1. The topological polar surface area (TPSA) is 55.4 Å². The van der Waals surface area contributed by atoms with Gasteiger partial charge < -0.3 is 10.1 Å². The molecule has 3 rings (SSSR count). The smallest absolute Gasteiger partial charge is 0.314 e. The van der Waals surface area contributed by atoms with E-state index in [9.17, 15) is 9.59 Å². The Balaban J connectivity index is 1.82. The number of hydrogen-bond acceptors (Lipinski definition) is 3. The fourth-order valence-electron chi connectivity index (χ4n) is 3.17. The van der Waals surface area contributed by atoms with Crippen LogP contribution in [-0.4, -0.2) is 11.9 Å². The number of nitrogens with one attached hydrogen (secondary N) is 1. The van der Waals surface area contributed by atoms with Crippen molar-refractivity contribution in [3.05, 3.63) is 102 Å². The molecule has 4 nitrogen and oxygen atoms in total. The van der Waals surface area contributed by atoms with E-state index in [-0.39, 0.29) is 5.91 Å². The summed E-state index contributed by atoms with van der Waals surface area (Å²) >= 11 is 0. The summed E-state index contributed by atoms with van der Waals surface area (Å²) in [4.78, 5) is 26.0. The minimum Gasteiger partial charge on any atom is -0.447 e. The van der Waals surface area contributed by atoms with Crippen LogP contribution in [0.2, 0.25) is 0 Å². The van der Waals surface area contributed by atoms with Crippen LogP contribution in [0, 0.1) is 6.92 Å². The summed E-state index contributed by atoms with van der Waals surface area (Å²) < 4.78 is 5.75. The van der Waals surface area contributed by atoms with Gasteiger partial charge in [0, 0.05) is 11.3 Å². The number of benzene rings is 3. The maximum atomic E-state index is 13.0. The van der Waals surface area contributed by atoms with E-state index in [4.69, 9.17) is 4.74 Å². The summed E-state index contributed by atoms with van der Waals surface area (Å²) in [6, 6.07) is 26.1. The second kappa shape index (κ2) is 9.69. The number of anilines is 1. The Morgan fingerprint density at radius 3 is 1.93 bits per heavy atom. The second-order valence-corrected chi connectivity index (χ2v) is 6.95. The van der Waals surface area contributed by atoms with Crippen LogP contribution in [0.3, 0.4) is 0 Å². The van der Waals surface area contributed by atoms with Crippen LogP contribution < -0.4 is 5.32 Å². The zero-order valence-electron chi connectivity index (χ0n) is 16.7. The molecule has 3 aromatic rings. The van der Waals surface area contributed by atoms with E-state index in [1.807, 2.05) is 86.6 Å². The second-order valence-electron chi connectivity index (χ2n) is 6.95. The molecule has 0 saturated heterocycles. The third kappa shape index (κ3) is 5.32. The third-order valence-electron chi connectivity index (χ3n) is 4.79. The lowest BCUT2D eigenvalue weighted by molar-refractivity contribution is -0.156. The maximum Gasteiger partial charge on any atom is 0.314 e. The predicted octanol–water partition coefficient (Wildman–Crippen LogP) is 5.41. The van der Waals surface area contributed by atoms with E-state index in [1.54, 1.807) is 12.1 Å². The van der Waals surface area contributed by atoms with E-state index in [0.29, 0.717) is 17.7 Å². The average Bonchev–Trinajstić information content (AvgIpc) is 2.75. The molecule has 0 bridgehead atoms. The van der Waals surface area contributed by atoms with Crippen LogP contribution in [0.1, 0.15) is 42.1 Å². The van der Waals surface area contributed by atoms with E-state index in [2.05, 4.69) is 5.32 Å². The monoisotopic (exact) mass is 387 g/mol. The van der Waals surface area contributed by atoms with Gasteiger partial charge in [-0.25, -0.2) is 0 Å². The van der Waals surface area contributed by atoms with Gasteiger partial charge in [0.25, 0.3) is 5.91 Å². The van der Waals surface area contributed by atoms with Crippen molar-refractivity contribution in [1.82, 2.24) is 0 Å². The number of amides is 1. The molecule has 0 aliphatic heterocycles. The Kier molecular flexibility index (Phi) is 6.80. The summed E-state index contributed by atoms with van der Waals surface area (Å²) in [6.45, 7) is 3.91. The Labute approximate surface area is 171 Å². The zero-order chi connectivity index (χ0) is 20.6. The highest BCUT2D eigenvalue weighted by molar-refractivity contribution is 5.96. The predicted molar refractivity (Wildman–Crippen MR) is 115 cm³/mol. The minimum atomic E-state index is -1.03. The standard InChI is InChI=1S/C25H25NO3/c1-3-22(19-10-6-4-7-11-19)25(28)29-23(20-12-8-5-9-13-20)24(27)26-21-16-14-18(2)15-17-21/h4-17,22-23H,3H2,1-2H3,(H,26,27). The molecule has 2 atom stereocenters. The molecule has 29 heavy (non-hydrogen) atoms. The van der Waals surface area contributed by atoms with Crippen molar-refractivity contribution < 1.29 is 14.3 Å². The fourth-order valence-corrected chi connectivity index (χ4v) is 3.17. The molecule has 0 aliphatic rings. The number of hydrogen-bond donors (Lipinski definition) is 1. The van der Waals surface area contributed by atoms with Gasteiger partial charge >= 0.3 is 5.97 Å². The molecule has 0 heterocycles. The summed E-state index contributed by atoms with van der Waals surface area (Å²) in [7, 11) is 0. The number of carbonyl (C=O) groups excluding carboxylic acids is 2. The van der Waals surface area contributed by atoms with Gasteiger partial charge in [0.05, 0.1) is 5.92 Å². The average molecular weight is 387 g/mol. The molecule has 0 aliphatic carbocycles. The Bertz CT molecular complexity index is 937. The molecule has 0 fully saturated rings. The van der Waals surface area contributed by atoms with Crippen molar-refractivity contribution in [3.63, 3.8) is 0 Å². The summed E-state index contributed by atoms with van der Waals surface area (Å²) in [5.74, 6) is -1.21. The largest absolute Gasteiger partial charge is 0.447 e. The molecule has 148 valence electrons. The lowest BCUT2D eigenvalue weighted by Crippen LogP contribution is -2.28. The van der Waals surface area contributed by atoms with Crippen molar-refractivity contribution in [2.75, 3.05) is 5.32 Å². The molecule has 3 aromatic carbocycles. The van der Waals surface area contributed by atoms with Gasteiger partial charge in [0.1, 0.15) is 0 Å². The van der Waals surface area contributed by atoms with Gasteiger partial charge in [-0.2, -0.15) is 0 Å². The molecule has 0 aromatic heterocycles. The van der Waals surface area contributed by atoms with Gasteiger partial charge in [-0.15, -0.1) is 0 Å². The van der Waals surface area contributed by atoms with Crippen molar-refractivity contribution in [3.8, 4) is 0 Å². The highest BCUT2D eigenvalue weighted by atomic mass is 16.5. The molecule has 0 radical (unpaired) electrons. The van der Waals surface area contributed by atoms with Crippen molar-refractivity contribution >= 4 is 17.6 Å². The Morgan fingerprint density at radius 2 is 1.38 bits per heavy atom. The van der Waals surface area contributed by atoms with Crippen LogP contribution in [0.5, 0.6) is 0 Å². The first-order chi connectivity index (χ1) is 14.1. The summed E-state index contributed by atoms with van der Waals surface area (Å²) in [6.07, 6.45) is -0.438. The first-order valence-electron chi connectivity index (χ1n) is 9.76. The number of aryl methyl sites for hydroxylation is 1. The maximum absolute atomic E-state index is 13.0. The van der Waals surface area contributed by atoms with Gasteiger partial charge in [-0.05, 0) is 31.0 Å². The normalized spacial score (nSPS) is 12.6. The third-order valence-corrected chi connectivity index (χ3v) is 4.79. The van der Waals surface area contributed by atoms with Gasteiger partial charge in [-0.1, -0.05) is 85.3 Å². The number of esters is 1. The van der Waals surface area contributed by atoms with Crippen LogP contribution >= 0.6 is 0 Å². The van der Waals surface area contributed by atoms with Crippen LogP contribution in [0.25, 0.3) is 0 Å². The van der Waals surface area contributed by atoms with Gasteiger partial charge in [-0.3, -0.25) is 9.59 Å². The minimum absolute atomic E-state index is 0.378. The van der Waals surface area contributed by atoms with E-state index in [1.165, 1.54) is 0 Å². The molecule has 4 heteroatoms. The molecule has 1 amide bonds. The van der Waals surface area contributed by atoms with Gasteiger partial charge in [0.15, 0.2) is 0 Å². The fraction of sp³-hybridized carbons (Fsp3) is 0.200. The van der Waals surface area contributed by atoms with E-state index in [0.717, 1.165) is 11.1 Å². The molecular weight excluding hydrogens is 362 g/mol. The highest BCUT2D eigenvalue weighted by Gasteiger charge is 2.29. The molecule has 1 N–H and O–H groups in total. The van der Waals surface area contributed by atoms with Crippen LogP contribution in [0.4, 0.5) is 5.69 Å². The number of carbonyl (C=O) groups is 2. The van der Waals surface area contributed by atoms with E-state index >= 15 is 0 Å². The van der Waals surface area contributed by atoms with Crippen molar-refractivity contribution in [1.29, 1.82) is 0 Å². The first kappa shape index (κ1) is 20.3. The number of rotatable bonds is 7. The first-order valence-corrected chi connectivity index (χ1v) is 9.76. The molecule has 2 unspecified atom stereocenters. The summed E-state index contributed by atoms with van der Waals surface area (Å²) in [5.41, 5.74) is 3.27. The highest BCUT2D eigenvalue weighted by Crippen LogP contribution is 2.26. The van der Waals surface area contributed by atoms with Gasteiger partial charge in [0.2, 0.25) is 6.10 Å². The SMILES string of the molecule is CCC(C(=O)OC(C(=O)Nc1ccc(C)cc1)c1ccccc1)c1ccccc1. The lowest BCUT2D eigenvalue weighted by Gasteiger charge is -2.21. The van der Waals surface area contributed by atoms with Crippen LogP contribution in [0.15, 0.2) is 84.9 Å².